The van der Waals surface area contributed by atoms with E-state index in [9.17, 15) is 0 Å². The summed E-state index contributed by atoms with van der Waals surface area (Å²) in [5, 5.41) is 8.13. The van der Waals surface area contributed by atoms with Crippen LogP contribution in [0.1, 0.15) is 30.5 Å². The molecule has 222 valence electrons. The smallest absolute Gasteiger partial charge is 0.117 e. The molecule has 1 aliphatic heterocycles. The highest BCUT2D eigenvalue weighted by molar-refractivity contribution is 7.02. The molecule has 7 aromatic carbocycles. The van der Waals surface area contributed by atoms with Gasteiger partial charge in [-0.25, -0.2) is 0 Å². The van der Waals surface area contributed by atoms with E-state index in [-0.39, 0.29) is 5.41 Å². The average molecular weight is 608 g/mol. The van der Waals surface area contributed by atoms with E-state index in [2.05, 4.69) is 172 Å². The summed E-state index contributed by atoms with van der Waals surface area (Å²) in [5.41, 5.74) is 13.3. The number of benzene rings is 7. The summed E-state index contributed by atoms with van der Waals surface area (Å²) in [6.45, 7) is 11.9. The lowest BCUT2D eigenvalue weighted by molar-refractivity contribution is 0.660. The minimum atomic E-state index is -1.91. The summed E-state index contributed by atoms with van der Waals surface area (Å²) in [7, 11) is -1.91. The molecule has 0 atom stereocenters. The first kappa shape index (κ1) is 27.4. The molecule has 0 saturated carbocycles. The first-order valence-electron chi connectivity index (χ1n) is 16.5. The van der Waals surface area contributed by atoms with Gasteiger partial charge in [-0.1, -0.05) is 148 Å². The predicted molar refractivity (Wildman–Crippen MR) is 201 cm³/mol. The van der Waals surface area contributed by atoms with Gasteiger partial charge in [-0.15, -0.1) is 0 Å². The molecule has 0 spiro atoms. The molecule has 0 radical (unpaired) electrons. The van der Waals surface area contributed by atoms with Crippen LogP contribution in [-0.4, -0.2) is 8.07 Å². The molecule has 1 aliphatic carbocycles. The van der Waals surface area contributed by atoms with E-state index >= 15 is 0 Å². The summed E-state index contributed by atoms with van der Waals surface area (Å²) < 4.78 is 0. The van der Waals surface area contributed by atoms with Crippen LogP contribution in [-0.2, 0) is 5.41 Å². The number of hydrogen-bond donors (Lipinski definition) is 0. The lowest BCUT2D eigenvalue weighted by Crippen LogP contribution is -2.58. The van der Waals surface area contributed by atoms with Crippen molar-refractivity contribution in [2.24, 2.45) is 0 Å². The zero-order chi connectivity index (χ0) is 31.4. The second kappa shape index (κ2) is 9.54. The van der Waals surface area contributed by atoms with Crippen molar-refractivity contribution in [3.05, 3.63) is 150 Å². The molecule has 2 heteroatoms. The summed E-state index contributed by atoms with van der Waals surface area (Å²) in [6.07, 6.45) is 0. The molecule has 1 nitrogen and oxygen atoms in total. The summed E-state index contributed by atoms with van der Waals surface area (Å²) in [4.78, 5) is 2.58. The zero-order valence-corrected chi connectivity index (χ0v) is 28.1. The topological polar surface area (TPSA) is 3.24 Å². The Labute approximate surface area is 272 Å². The van der Waals surface area contributed by atoms with Gasteiger partial charge in [0.2, 0.25) is 0 Å². The number of hydrogen-bond acceptors (Lipinski definition) is 1. The quantitative estimate of drug-likeness (QED) is 0.140. The number of para-hydroxylation sites is 2. The molecular weight excluding hydrogens is 571 g/mol. The third-order valence-corrected chi connectivity index (χ3v) is 14.4. The number of anilines is 3. The van der Waals surface area contributed by atoms with Crippen molar-refractivity contribution in [3.63, 3.8) is 0 Å². The molecule has 0 fully saturated rings. The van der Waals surface area contributed by atoms with Gasteiger partial charge in [0.25, 0.3) is 0 Å². The largest absolute Gasteiger partial charge is 0.309 e. The Morgan fingerprint density at radius 3 is 1.85 bits per heavy atom. The summed E-state index contributed by atoms with van der Waals surface area (Å²) >= 11 is 0. The highest BCUT2D eigenvalue weighted by atomic mass is 28.3. The van der Waals surface area contributed by atoms with Crippen molar-refractivity contribution in [2.45, 2.75) is 39.3 Å². The van der Waals surface area contributed by atoms with Crippen molar-refractivity contribution in [2.75, 3.05) is 4.90 Å². The first-order valence-corrected chi connectivity index (χ1v) is 19.5. The van der Waals surface area contributed by atoms with Gasteiger partial charge in [0.15, 0.2) is 0 Å². The van der Waals surface area contributed by atoms with Crippen molar-refractivity contribution >= 4 is 57.1 Å². The lowest BCUT2D eigenvalue weighted by Gasteiger charge is -2.42. The van der Waals surface area contributed by atoms with Crippen LogP contribution in [0.4, 0.5) is 17.1 Å². The van der Waals surface area contributed by atoms with Crippen molar-refractivity contribution in [1.82, 2.24) is 0 Å². The molecule has 2 aliphatic rings. The van der Waals surface area contributed by atoms with Crippen LogP contribution < -0.4 is 15.3 Å². The minimum absolute atomic E-state index is 0.0127. The second-order valence-corrected chi connectivity index (χ2v) is 18.6. The van der Waals surface area contributed by atoms with E-state index in [0.29, 0.717) is 0 Å². The number of nitrogens with zero attached hydrogens (tertiary/aromatic N) is 1. The normalized spacial score (nSPS) is 15.4. The van der Waals surface area contributed by atoms with Crippen LogP contribution in [0.25, 0.3) is 43.8 Å². The molecule has 0 unspecified atom stereocenters. The van der Waals surface area contributed by atoms with Crippen LogP contribution >= 0.6 is 0 Å². The number of rotatable bonds is 2. The average Bonchev–Trinajstić information content (AvgIpc) is 3.30. The fraction of sp³-hybridized carbons (Fsp3) is 0.136. The molecule has 7 aromatic rings. The van der Waals surface area contributed by atoms with Crippen LogP contribution in [0.3, 0.4) is 0 Å². The Morgan fingerprint density at radius 2 is 1.11 bits per heavy atom. The fourth-order valence-corrected chi connectivity index (χ4v) is 11.6. The van der Waals surface area contributed by atoms with Gasteiger partial charge in [0.1, 0.15) is 8.07 Å². The third kappa shape index (κ3) is 3.62. The Morgan fingerprint density at radius 1 is 0.522 bits per heavy atom. The van der Waals surface area contributed by atoms with E-state index in [0.717, 1.165) is 0 Å². The fourth-order valence-electron chi connectivity index (χ4n) is 8.61. The Hall–Kier alpha value is -4.92. The Bertz CT molecular complexity index is 2350. The van der Waals surface area contributed by atoms with Gasteiger partial charge in [-0.05, 0) is 79.6 Å². The molecule has 1 heterocycles. The molecular formula is C44H37NSi. The van der Waals surface area contributed by atoms with E-state index in [1.54, 1.807) is 0 Å². The lowest BCUT2D eigenvalue weighted by atomic mass is 9.82. The number of fused-ring (bicyclic) bond motifs is 7. The molecule has 0 aromatic heterocycles. The molecule has 0 N–H and O–H groups in total. The van der Waals surface area contributed by atoms with E-state index < -0.39 is 8.07 Å². The zero-order valence-electron chi connectivity index (χ0n) is 27.1. The molecule has 46 heavy (non-hydrogen) atoms. The van der Waals surface area contributed by atoms with Crippen LogP contribution in [0.15, 0.2) is 133 Å². The van der Waals surface area contributed by atoms with Crippen molar-refractivity contribution in [1.29, 1.82) is 0 Å². The van der Waals surface area contributed by atoms with Crippen LogP contribution in [0.2, 0.25) is 13.1 Å². The highest BCUT2D eigenvalue weighted by Gasteiger charge is 2.39. The van der Waals surface area contributed by atoms with E-state index in [1.807, 2.05) is 0 Å². The predicted octanol–water partition coefficient (Wildman–Crippen LogP) is 10.9. The minimum Gasteiger partial charge on any atom is -0.309 e. The van der Waals surface area contributed by atoms with Crippen LogP contribution in [0.5, 0.6) is 0 Å². The number of aryl methyl sites for hydroxylation is 1. The van der Waals surface area contributed by atoms with Gasteiger partial charge in [0.05, 0.1) is 5.69 Å². The monoisotopic (exact) mass is 607 g/mol. The molecule has 0 saturated heterocycles. The van der Waals surface area contributed by atoms with Gasteiger partial charge in [0, 0.05) is 27.6 Å². The maximum absolute atomic E-state index is 2.58. The molecule has 0 bridgehead atoms. The summed E-state index contributed by atoms with van der Waals surface area (Å²) in [6, 6.07) is 50.6. The Kier molecular flexibility index (Phi) is 5.68. The van der Waals surface area contributed by atoms with Gasteiger partial charge >= 0.3 is 0 Å². The SMILES string of the molecule is Cc1ccc2c(N3c4ccccc4[Si](C)(C)c4ccccc43)c3ccccc3c(-c3ccc4c(c3)-c3ccccc3C4(C)C)c2c1. The Balaban J connectivity index is 1.39. The summed E-state index contributed by atoms with van der Waals surface area (Å²) in [5.74, 6) is 0. The standard InChI is InChI=1S/C44H37NSi/c1-28-22-24-33-35(26-28)42(29-23-25-37-34(27-29)30-14-8-9-17-36(30)44(37,2)3)31-15-6-7-16-32(31)43(33)45-38-18-10-12-20-40(38)46(4,5)41-21-13-11-19-39(41)45/h6-27H,1-5H3. The van der Waals surface area contributed by atoms with Crippen LogP contribution in [0, 0.1) is 6.92 Å². The first-order chi connectivity index (χ1) is 22.3. The van der Waals surface area contributed by atoms with E-state index in [1.165, 1.54) is 87.9 Å². The highest BCUT2D eigenvalue weighted by Crippen LogP contribution is 2.52. The van der Waals surface area contributed by atoms with Gasteiger partial charge in [-0.2, -0.15) is 0 Å². The maximum Gasteiger partial charge on any atom is 0.117 e. The van der Waals surface area contributed by atoms with Gasteiger partial charge < -0.3 is 4.90 Å². The molecule has 0 amide bonds. The third-order valence-electron chi connectivity index (χ3n) is 10.9. The molecule has 9 rings (SSSR count). The van der Waals surface area contributed by atoms with Gasteiger partial charge in [-0.3, -0.25) is 0 Å². The van der Waals surface area contributed by atoms with Crippen molar-refractivity contribution in [3.8, 4) is 22.3 Å². The van der Waals surface area contributed by atoms with Crippen molar-refractivity contribution < 1.29 is 0 Å². The second-order valence-electron chi connectivity index (χ2n) is 14.2. The van der Waals surface area contributed by atoms with E-state index in [4.69, 9.17) is 0 Å². The maximum atomic E-state index is 2.58.